The number of aromatic nitrogens is 3. The van der Waals surface area contributed by atoms with Crippen LogP contribution < -0.4 is 21.3 Å². The smallest absolute Gasteiger partial charge is 0.323 e. The molecular formula is C8H16N6O3S. The summed E-state index contributed by atoms with van der Waals surface area (Å²) in [4.78, 5) is 11.7. The average Bonchev–Trinajstić information content (AvgIpc) is 2.27. The maximum atomic E-state index is 11.0. The summed E-state index contributed by atoms with van der Waals surface area (Å²) in [5, 5.41) is 2.76. The van der Waals surface area contributed by atoms with Crippen molar-refractivity contribution in [3.8, 4) is 6.01 Å². The molecule has 0 aliphatic carbocycles. The molecule has 1 rings (SSSR count). The number of ether oxygens (including phenoxy) is 1. The molecule has 0 saturated carbocycles. The summed E-state index contributed by atoms with van der Waals surface area (Å²) in [7, 11) is -3.04. The van der Waals surface area contributed by atoms with Crippen LogP contribution >= 0.6 is 0 Å². The number of hydrazine groups is 1. The Morgan fingerprint density at radius 1 is 1.28 bits per heavy atom. The Morgan fingerprint density at radius 2 is 1.94 bits per heavy atom. The van der Waals surface area contributed by atoms with Crippen molar-refractivity contribution >= 4 is 21.7 Å². The van der Waals surface area contributed by atoms with Crippen LogP contribution in [0.4, 0.5) is 11.9 Å². The van der Waals surface area contributed by atoms with E-state index in [0.29, 0.717) is 6.61 Å². The molecule has 0 aliphatic rings. The van der Waals surface area contributed by atoms with Gasteiger partial charge in [0.25, 0.3) is 0 Å². The van der Waals surface area contributed by atoms with Gasteiger partial charge in [-0.1, -0.05) is 0 Å². The number of nitrogens with one attached hydrogen (secondary N) is 2. The maximum absolute atomic E-state index is 11.0. The van der Waals surface area contributed by atoms with Gasteiger partial charge in [0.2, 0.25) is 11.9 Å². The summed E-state index contributed by atoms with van der Waals surface area (Å²) in [6.07, 6.45) is 1.15. The number of nitrogen functional groups attached to an aromatic ring is 1. The van der Waals surface area contributed by atoms with E-state index in [-0.39, 0.29) is 30.2 Å². The van der Waals surface area contributed by atoms with Gasteiger partial charge in [0.15, 0.2) is 0 Å². The minimum Gasteiger partial charge on any atom is -0.464 e. The third-order valence-corrected chi connectivity index (χ3v) is 2.72. The zero-order valence-corrected chi connectivity index (χ0v) is 11.0. The number of nitrogens with zero attached hydrogens (tertiary/aromatic N) is 3. The van der Waals surface area contributed by atoms with Gasteiger partial charge >= 0.3 is 6.01 Å². The molecule has 0 atom stereocenters. The Kier molecular flexibility index (Phi) is 5.04. The second-order valence-corrected chi connectivity index (χ2v) is 5.66. The number of rotatable bonds is 7. The van der Waals surface area contributed by atoms with Crippen LogP contribution in [-0.2, 0) is 9.84 Å². The van der Waals surface area contributed by atoms with Crippen LogP contribution in [0, 0.1) is 0 Å². The van der Waals surface area contributed by atoms with Crippen molar-refractivity contribution in [2.24, 2.45) is 5.84 Å². The molecular weight excluding hydrogens is 260 g/mol. The van der Waals surface area contributed by atoms with E-state index in [1.54, 1.807) is 6.92 Å². The number of nitrogens with two attached hydrogens (primary N) is 1. The predicted octanol–water partition coefficient (Wildman–Crippen LogP) is -0.988. The van der Waals surface area contributed by atoms with E-state index in [4.69, 9.17) is 10.6 Å². The van der Waals surface area contributed by atoms with Gasteiger partial charge in [-0.2, -0.15) is 15.0 Å². The Labute approximate surface area is 105 Å². The summed E-state index contributed by atoms with van der Waals surface area (Å²) in [5.41, 5.74) is 2.27. The van der Waals surface area contributed by atoms with Crippen LogP contribution in [-0.4, -0.2) is 48.5 Å². The SMILES string of the molecule is CCOc1nc(NN)nc(NCCS(C)(=O)=O)n1. The van der Waals surface area contributed by atoms with Crippen LogP contribution in [0.1, 0.15) is 6.92 Å². The summed E-state index contributed by atoms with van der Waals surface area (Å²) >= 11 is 0. The van der Waals surface area contributed by atoms with Gasteiger partial charge in [-0.05, 0) is 6.92 Å². The predicted molar refractivity (Wildman–Crippen MR) is 67.0 cm³/mol. The second-order valence-electron chi connectivity index (χ2n) is 3.40. The molecule has 0 aromatic carbocycles. The summed E-state index contributed by atoms with van der Waals surface area (Å²) < 4.78 is 27.0. The molecule has 18 heavy (non-hydrogen) atoms. The summed E-state index contributed by atoms with van der Waals surface area (Å²) in [6, 6.07) is 0.113. The van der Waals surface area contributed by atoms with E-state index in [2.05, 4.69) is 25.7 Å². The highest BCUT2D eigenvalue weighted by molar-refractivity contribution is 7.90. The quantitative estimate of drug-likeness (QED) is 0.424. The van der Waals surface area contributed by atoms with Crippen LogP contribution in [0.25, 0.3) is 0 Å². The first-order valence-electron chi connectivity index (χ1n) is 5.21. The second kappa shape index (κ2) is 6.31. The minimum atomic E-state index is -3.04. The van der Waals surface area contributed by atoms with Crippen molar-refractivity contribution in [2.75, 3.05) is 35.9 Å². The minimum absolute atomic E-state index is 0.0198. The first-order chi connectivity index (χ1) is 8.44. The molecule has 4 N–H and O–H groups in total. The third-order valence-electron chi connectivity index (χ3n) is 1.77. The van der Waals surface area contributed by atoms with Gasteiger partial charge in [0.1, 0.15) is 9.84 Å². The van der Waals surface area contributed by atoms with Crippen LogP contribution in [0.3, 0.4) is 0 Å². The molecule has 0 spiro atoms. The molecule has 0 aliphatic heterocycles. The number of hydrogen-bond acceptors (Lipinski definition) is 9. The third kappa shape index (κ3) is 5.10. The lowest BCUT2D eigenvalue weighted by molar-refractivity contribution is 0.312. The fraction of sp³-hybridized carbons (Fsp3) is 0.625. The first-order valence-corrected chi connectivity index (χ1v) is 7.27. The van der Waals surface area contributed by atoms with Crippen molar-refractivity contribution < 1.29 is 13.2 Å². The molecule has 0 amide bonds. The van der Waals surface area contributed by atoms with Crippen LogP contribution in [0.2, 0.25) is 0 Å². The van der Waals surface area contributed by atoms with E-state index in [1.165, 1.54) is 0 Å². The number of hydrogen-bond donors (Lipinski definition) is 3. The standard InChI is InChI=1S/C8H16N6O3S/c1-3-17-8-12-6(11-7(13-8)14-9)10-4-5-18(2,15)16/h3-5,9H2,1-2H3,(H2,10,11,12,13,14). The van der Waals surface area contributed by atoms with Crippen LogP contribution in [0.5, 0.6) is 6.01 Å². The summed E-state index contributed by atoms with van der Waals surface area (Å²) in [5.74, 6) is 5.51. The maximum Gasteiger partial charge on any atom is 0.323 e. The van der Waals surface area contributed by atoms with Gasteiger partial charge < -0.3 is 10.1 Å². The Bertz CT molecular complexity index is 492. The molecule has 1 heterocycles. The molecule has 0 fully saturated rings. The highest BCUT2D eigenvalue weighted by Gasteiger charge is 2.07. The van der Waals surface area contributed by atoms with E-state index in [0.717, 1.165) is 6.26 Å². The Morgan fingerprint density at radius 3 is 2.50 bits per heavy atom. The molecule has 0 radical (unpaired) electrons. The van der Waals surface area contributed by atoms with E-state index >= 15 is 0 Å². The number of anilines is 2. The zero-order valence-electron chi connectivity index (χ0n) is 10.2. The average molecular weight is 276 g/mol. The summed E-state index contributed by atoms with van der Waals surface area (Å²) in [6.45, 7) is 2.38. The fourth-order valence-electron chi connectivity index (χ4n) is 1.04. The highest BCUT2D eigenvalue weighted by atomic mass is 32.2. The lowest BCUT2D eigenvalue weighted by atomic mass is 10.7. The molecule has 9 nitrogen and oxygen atoms in total. The van der Waals surface area contributed by atoms with Gasteiger partial charge in [0, 0.05) is 12.8 Å². The van der Waals surface area contributed by atoms with Gasteiger partial charge in [-0.3, -0.25) is 5.43 Å². The monoisotopic (exact) mass is 276 g/mol. The van der Waals surface area contributed by atoms with Gasteiger partial charge in [-0.25, -0.2) is 14.3 Å². The first kappa shape index (κ1) is 14.4. The fourth-order valence-corrected chi connectivity index (χ4v) is 1.51. The molecule has 0 bridgehead atoms. The molecule has 0 unspecified atom stereocenters. The normalized spacial score (nSPS) is 11.1. The lowest BCUT2D eigenvalue weighted by Crippen LogP contribution is -2.18. The van der Waals surface area contributed by atoms with Gasteiger partial charge in [-0.15, -0.1) is 0 Å². The van der Waals surface area contributed by atoms with Crippen molar-refractivity contribution in [1.82, 2.24) is 15.0 Å². The molecule has 0 saturated heterocycles. The zero-order chi connectivity index (χ0) is 13.6. The molecule has 1 aromatic rings. The topological polar surface area (TPSA) is 132 Å². The van der Waals surface area contributed by atoms with E-state index < -0.39 is 9.84 Å². The lowest BCUT2D eigenvalue weighted by Gasteiger charge is -2.07. The molecule has 102 valence electrons. The van der Waals surface area contributed by atoms with E-state index in [9.17, 15) is 8.42 Å². The molecule has 10 heteroatoms. The van der Waals surface area contributed by atoms with Crippen molar-refractivity contribution in [3.63, 3.8) is 0 Å². The highest BCUT2D eigenvalue weighted by Crippen LogP contribution is 2.09. The van der Waals surface area contributed by atoms with Crippen molar-refractivity contribution in [3.05, 3.63) is 0 Å². The molecule has 1 aromatic heterocycles. The van der Waals surface area contributed by atoms with Crippen LogP contribution in [0.15, 0.2) is 0 Å². The van der Waals surface area contributed by atoms with Gasteiger partial charge in [0.05, 0.1) is 12.4 Å². The number of sulfone groups is 1. The largest absolute Gasteiger partial charge is 0.464 e. The van der Waals surface area contributed by atoms with E-state index in [1.807, 2.05) is 0 Å². The van der Waals surface area contributed by atoms with Crippen molar-refractivity contribution in [2.45, 2.75) is 6.92 Å². The Hall–Kier alpha value is -1.68. The Balaban J connectivity index is 2.72. The van der Waals surface area contributed by atoms with Crippen molar-refractivity contribution in [1.29, 1.82) is 0 Å².